The lowest BCUT2D eigenvalue weighted by Gasteiger charge is -2.44. The largest absolute Gasteiger partial charge is 0.457 e. The van der Waals surface area contributed by atoms with Gasteiger partial charge in [-0.3, -0.25) is 39.1 Å². The summed E-state index contributed by atoms with van der Waals surface area (Å²) >= 11 is 0. The molecular weight excluding hydrogens is 799 g/mol. The molecule has 15 heteroatoms. The Hall–Kier alpha value is -6.06. The number of nitrogens with zero attached hydrogens (tertiary/aromatic N) is 6. The van der Waals surface area contributed by atoms with Gasteiger partial charge in [-0.2, -0.15) is 5.10 Å². The fourth-order valence-electron chi connectivity index (χ4n) is 11.0. The van der Waals surface area contributed by atoms with E-state index in [0.29, 0.717) is 46.0 Å². The summed E-state index contributed by atoms with van der Waals surface area (Å²) in [6.07, 6.45) is 7.92. The van der Waals surface area contributed by atoms with E-state index >= 15 is 0 Å². The van der Waals surface area contributed by atoms with Crippen LogP contribution in [-0.4, -0.2) is 118 Å². The fourth-order valence-corrected chi connectivity index (χ4v) is 11.0. The molecule has 4 fully saturated rings. The summed E-state index contributed by atoms with van der Waals surface area (Å²) < 4.78 is 8.06. The number of hydrogen-bond acceptors (Lipinski definition) is 11. The Labute approximate surface area is 366 Å². The highest BCUT2D eigenvalue weighted by Gasteiger charge is 2.45. The number of benzene rings is 3. The van der Waals surface area contributed by atoms with Crippen LogP contribution < -0.4 is 26.0 Å². The maximum atomic E-state index is 13.4. The van der Waals surface area contributed by atoms with Gasteiger partial charge in [-0.1, -0.05) is 18.2 Å². The van der Waals surface area contributed by atoms with Crippen molar-refractivity contribution in [3.63, 3.8) is 0 Å². The zero-order valence-corrected chi connectivity index (χ0v) is 35.5. The molecule has 6 heterocycles. The first kappa shape index (κ1) is 41.0. The van der Waals surface area contributed by atoms with Crippen molar-refractivity contribution in [1.29, 1.82) is 0 Å². The average Bonchev–Trinajstić information content (AvgIpc) is 3.82. The van der Waals surface area contributed by atoms with Crippen LogP contribution in [0, 0.1) is 11.8 Å². The second-order valence-corrected chi connectivity index (χ2v) is 18.1. The molecule has 4 aromatic rings. The Bertz CT molecular complexity index is 2400. The number of piperidine rings is 2. The highest BCUT2D eigenvalue weighted by molar-refractivity contribution is 6.23. The van der Waals surface area contributed by atoms with Gasteiger partial charge in [-0.15, -0.1) is 0 Å². The van der Waals surface area contributed by atoms with Crippen molar-refractivity contribution in [2.45, 2.75) is 75.9 Å². The van der Waals surface area contributed by atoms with Crippen molar-refractivity contribution < 1.29 is 28.7 Å². The molecule has 0 radical (unpaired) electrons. The van der Waals surface area contributed by atoms with E-state index in [1.54, 1.807) is 12.1 Å². The quantitative estimate of drug-likeness (QED) is 0.177. The van der Waals surface area contributed by atoms with E-state index in [1.807, 2.05) is 60.7 Å². The first-order chi connectivity index (χ1) is 30.7. The molecule has 4 N–H and O–H groups in total. The Balaban J connectivity index is 0.695. The van der Waals surface area contributed by atoms with Crippen LogP contribution in [0.4, 0.5) is 11.5 Å². The van der Waals surface area contributed by atoms with Crippen molar-refractivity contribution in [3.8, 4) is 22.8 Å². The number of imide groups is 2. The number of rotatable bonds is 10. The number of carbonyl (C=O) groups excluding carboxylic acids is 5. The normalized spacial score (nSPS) is 24.8. The molecule has 63 heavy (non-hydrogen) atoms. The predicted octanol–water partition coefficient (Wildman–Crippen LogP) is 5.29. The Morgan fingerprint density at radius 2 is 1.48 bits per heavy atom. The first-order valence-electron chi connectivity index (χ1n) is 22.7. The molecule has 3 aromatic carbocycles. The third kappa shape index (κ3) is 8.08. The number of carbonyl (C=O) groups is 5. The zero-order chi connectivity index (χ0) is 43.2. The molecule has 0 bridgehead atoms. The summed E-state index contributed by atoms with van der Waals surface area (Å²) in [7, 11) is 0. The third-order valence-electron chi connectivity index (χ3n) is 14.4. The molecule has 5 aliphatic heterocycles. The topological polar surface area (TPSA) is 175 Å². The minimum atomic E-state index is -0.962. The number of para-hydroxylation sites is 1. The van der Waals surface area contributed by atoms with Crippen LogP contribution in [0.25, 0.3) is 11.3 Å². The minimum Gasteiger partial charge on any atom is -0.457 e. The number of primary amides is 1. The van der Waals surface area contributed by atoms with Crippen LogP contribution in [0.5, 0.6) is 11.5 Å². The maximum absolute atomic E-state index is 13.4. The molecule has 5 amide bonds. The minimum absolute atomic E-state index is 0.101. The average molecular weight is 854 g/mol. The second kappa shape index (κ2) is 17.2. The lowest BCUT2D eigenvalue weighted by molar-refractivity contribution is -0.136. The van der Waals surface area contributed by atoms with Gasteiger partial charge in [-0.25, -0.2) is 4.68 Å². The predicted molar refractivity (Wildman–Crippen MR) is 237 cm³/mol. The molecule has 1 aliphatic carbocycles. The van der Waals surface area contributed by atoms with Gasteiger partial charge >= 0.3 is 0 Å². The van der Waals surface area contributed by atoms with Crippen LogP contribution >= 0.6 is 0 Å². The van der Waals surface area contributed by atoms with Gasteiger partial charge in [0.2, 0.25) is 11.8 Å². The summed E-state index contributed by atoms with van der Waals surface area (Å²) in [6, 6.07) is 22.6. The van der Waals surface area contributed by atoms with Gasteiger partial charge in [0.15, 0.2) is 0 Å². The number of nitrogens with one attached hydrogen (secondary N) is 2. The smallest absolute Gasteiger partial charge is 0.262 e. The number of amides is 5. The molecule has 328 valence electrons. The first-order valence-corrected chi connectivity index (χ1v) is 22.7. The maximum Gasteiger partial charge on any atom is 0.262 e. The van der Waals surface area contributed by atoms with Crippen LogP contribution in [0.2, 0.25) is 0 Å². The highest BCUT2D eigenvalue weighted by Crippen LogP contribution is 2.43. The van der Waals surface area contributed by atoms with Crippen molar-refractivity contribution >= 4 is 41.0 Å². The van der Waals surface area contributed by atoms with Gasteiger partial charge in [0.05, 0.1) is 17.2 Å². The number of hydrogen-bond donors (Lipinski definition) is 3. The standard InChI is InChI=1S/C48H55N9O6/c49-44(59)42-43(32-8-13-36(14-9-32)63-35-4-2-1-3-5-35)52-57-39(18-21-50-45(42)57)31-6-10-33(11-7-31)55-26-24-53(25-27-55)29-30-19-22-54(23-20-30)34-12-15-37-38(28-34)48(62)56(47(37)61)40-16-17-41(58)51-46(40)60/h1-5,8-9,12-15,28,30-31,33,39-40,50H,6-7,10-11,16-27,29H2,(H2,49,59)(H,51,58,60)/t31?,33?,39-,40?/m0/s1. The fraction of sp³-hybridized carbons (Fsp3) is 0.458. The van der Waals surface area contributed by atoms with Crippen molar-refractivity contribution in [2.75, 3.05) is 62.6 Å². The molecular formula is C48H55N9O6. The summed E-state index contributed by atoms with van der Waals surface area (Å²) in [5.41, 5.74) is 9.46. The van der Waals surface area contributed by atoms with Crippen LogP contribution in [0.3, 0.4) is 0 Å². The molecule has 3 saturated heterocycles. The van der Waals surface area contributed by atoms with E-state index in [0.717, 1.165) is 112 Å². The molecule has 15 nitrogen and oxygen atoms in total. The van der Waals surface area contributed by atoms with Gasteiger partial charge in [-0.05, 0) is 118 Å². The van der Waals surface area contributed by atoms with Crippen molar-refractivity contribution in [2.24, 2.45) is 17.6 Å². The van der Waals surface area contributed by atoms with Gasteiger partial charge < -0.3 is 25.6 Å². The lowest BCUT2D eigenvalue weighted by Crippen LogP contribution is -2.54. The second-order valence-electron chi connectivity index (χ2n) is 18.1. The zero-order valence-electron chi connectivity index (χ0n) is 35.5. The number of nitrogens with two attached hydrogens (primary N) is 1. The van der Waals surface area contributed by atoms with Gasteiger partial charge in [0.1, 0.15) is 34.6 Å². The number of piperazine rings is 1. The molecule has 0 spiro atoms. The van der Waals surface area contributed by atoms with E-state index in [2.05, 4.69) is 30.0 Å². The molecule has 1 saturated carbocycles. The molecule has 6 aliphatic rings. The lowest BCUT2D eigenvalue weighted by atomic mass is 9.79. The molecule has 10 rings (SSSR count). The number of anilines is 2. The van der Waals surface area contributed by atoms with Crippen LogP contribution in [-0.2, 0) is 9.59 Å². The molecule has 1 unspecified atom stereocenters. The number of ether oxygens (including phenoxy) is 1. The van der Waals surface area contributed by atoms with Gasteiger partial charge in [0.25, 0.3) is 17.7 Å². The van der Waals surface area contributed by atoms with Gasteiger partial charge in [0, 0.05) is 76.1 Å². The third-order valence-corrected chi connectivity index (χ3v) is 14.4. The Kier molecular flexibility index (Phi) is 11.2. The van der Waals surface area contributed by atoms with Crippen molar-refractivity contribution in [1.82, 2.24) is 29.8 Å². The van der Waals surface area contributed by atoms with E-state index in [4.69, 9.17) is 15.6 Å². The van der Waals surface area contributed by atoms with E-state index < -0.39 is 29.7 Å². The highest BCUT2D eigenvalue weighted by atomic mass is 16.5. The van der Waals surface area contributed by atoms with E-state index in [1.165, 1.54) is 12.8 Å². The monoisotopic (exact) mass is 853 g/mol. The van der Waals surface area contributed by atoms with E-state index in [-0.39, 0.29) is 24.8 Å². The summed E-state index contributed by atoms with van der Waals surface area (Å²) in [5, 5.41) is 10.8. The van der Waals surface area contributed by atoms with Crippen LogP contribution in [0.15, 0.2) is 72.8 Å². The Morgan fingerprint density at radius 1 is 0.762 bits per heavy atom. The summed E-state index contributed by atoms with van der Waals surface area (Å²) in [5.74, 6) is 0.892. The summed E-state index contributed by atoms with van der Waals surface area (Å²) in [4.78, 5) is 72.3. The Morgan fingerprint density at radius 3 is 2.19 bits per heavy atom. The number of fused-ring (bicyclic) bond motifs is 2. The van der Waals surface area contributed by atoms with E-state index in [9.17, 15) is 24.0 Å². The van der Waals surface area contributed by atoms with Crippen molar-refractivity contribution in [3.05, 3.63) is 89.5 Å². The molecule has 1 aromatic heterocycles. The summed E-state index contributed by atoms with van der Waals surface area (Å²) in [6.45, 7) is 7.96. The molecule has 2 atom stereocenters. The van der Waals surface area contributed by atoms with Crippen LogP contribution in [0.1, 0.15) is 94.9 Å². The SMILES string of the molecule is NC(=O)c1c(-c2ccc(Oc3ccccc3)cc2)nn2c1NCC[C@H]2C1CCC(N2CCN(CC3CCN(c4ccc5c(c4)C(=O)N(C4CCC(=O)NC4=O)C5=O)CC3)CC2)CC1. The number of aromatic nitrogens is 2.